The number of ether oxygens (including phenoxy) is 1. The van der Waals surface area contributed by atoms with Crippen LogP contribution in [0.15, 0.2) is 11.4 Å². The van der Waals surface area contributed by atoms with E-state index in [1.165, 1.54) is 22.8 Å². The van der Waals surface area contributed by atoms with E-state index in [0.717, 1.165) is 0 Å². The van der Waals surface area contributed by atoms with E-state index < -0.39 is 17.7 Å². The Bertz CT molecular complexity index is 531. The standard InChI is InChI=1S/C13H15NO4S/c1-13(2,3)18-12(17)14-6-4-5-10-7-9(8-19-10)11(15)16/h7-8H,6H2,1-3H3,(H,14,17)(H,15,16). The fourth-order valence-corrected chi connectivity index (χ4v) is 1.82. The van der Waals surface area contributed by atoms with Crippen molar-refractivity contribution in [2.75, 3.05) is 6.54 Å². The van der Waals surface area contributed by atoms with Gasteiger partial charge in [-0.25, -0.2) is 9.59 Å². The van der Waals surface area contributed by atoms with Gasteiger partial charge in [-0.3, -0.25) is 0 Å². The molecule has 0 unspecified atom stereocenters. The zero-order valence-electron chi connectivity index (χ0n) is 10.9. The molecule has 1 aromatic heterocycles. The van der Waals surface area contributed by atoms with Crippen molar-refractivity contribution in [1.29, 1.82) is 0 Å². The number of carboxylic acids is 1. The SMILES string of the molecule is CC(C)(C)OC(=O)NCC#Cc1cc(C(=O)O)cs1. The first-order valence-electron chi connectivity index (χ1n) is 5.55. The van der Waals surface area contributed by atoms with Gasteiger partial charge in [0.1, 0.15) is 5.60 Å². The third-order valence-electron chi connectivity index (χ3n) is 1.78. The molecule has 0 fully saturated rings. The number of aromatic carboxylic acids is 1. The number of hydrogen-bond acceptors (Lipinski definition) is 4. The molecule has 2 N–H and O–H groups in total. The lowest BCUT2D eigenvalue weighted by atomic mass is 10.2. The van der Waals surface area contributed by atoms with Crippen molar-refractivity contribution in [3.63, 3.8) is 0 Å². The Kier molecular flexibility index (Phi) is 4.95. The van der Waals surface area contributed by atoms with Crippen molar-refractivity contribution < 1.29 is 19.4 Å². The summed E-state index contributed by atoms with van der Waals surface area (Å²) in [5.41, 5.74) is -0.323. The number of alkyl carbamates (subject to hydrolysis) is 1. The van der Waals surface area contributed by atoms with Gasteiger partial charge in [0.15, 0.2) is 0 Å². The van der Waals surface area contributed by atoms with E-state index in [2.05, 4.69) is 17.2 Å². The smallest absolute Gasteiger partial charge is 0.408 e. The first-order chi connectivity index (χ1) is 8.78. The molecule has 0 aliphatic heterocycles. The molecular weight excluding hydrogens is 266 g/mol. The van der Waals surface area contributed by atoms with Crippen molar-refractivity contribution in [2.45, 2.75) is 26.4 Å². The van der Waals surface area contributed by atoms with Crippen LogP contribution in [-0.4, -0.2) is 29.3 Å². The first kappa shape index (κ1) is 15.1. The van der Waals surface area contributed by atoms with Gasteiger partial charge in [0.2, 0.25) is 0 Å². The number of rotatable bonds is 2. The van der Waals surface area contributed by atoms with Gasteiger partial charge < -0.3 is 15.2 Å². The van der Waals surface area contributed by atoms with Gasteiger partial charge in [-0.05, 0) is 26.8 Å². The maximum absolute atomic E-state index is 11.3. The van der Waals surface area contributed by atoms with Gasteiger partial charge in [0, 0.05) is 5.38 Å². The minimum Gasteiger partial charge on any atom is -0.478 e. The molecule has 0 aromatic carbocycles. The molecule has 1 rings (SSSR count). The van der Waals surface area contributed by atoms with Crippen molar-refractivity contribution in [1.82, 2.24) is 5.32 Å². The van der Waals surface area contributed by atoms with Crippen LogP contribution in [0.4, 0.5) is 4.79 Å². The number of thiophene rings is 1. The average molecular weight is 281 g/mol. The van der Waals surface area contributed by atoms with Crippen molar-refractivity contribution in [3.8, 4) is 11.8 Å². The molecule has 0 bridgehead atoms. The maximum Gasteiger partial charge on any atom is 0.408 e. The lowest BCUT2D eigenvalue weighted by Gasteiger charge is -2.18. The van der Waals surface area contributed by atoms with Gasteiger partial charge >= 0.3 is 12.1 Å². The summed E-state index contributed by atoms with van der Waals surface area (Å²) in [5, 5.41) is 12.7. The molecule has 0 saturated heterocycles. The van der Waals surface area contributed by atoms with Gasteiger partial charge in [0.25, 0.3) is 0 Å². The predicted molar refractivity (Wildman–Crippen MR) is 72.4 cm³/mol. The summed E-state index contributed by atoms with van der Waals surface area (Å²) in [6.45, 7) is 5.47. The zero-order chi connectivity index (χ0) is 14.5. The van der Waals surface area contributed by atoms with Crippen LogP contribution >= 0.6 is 11.3 Å². The molecule has 5 nitrogen and oxygen atoms in total. The fourth-order valence-electron chi connectivity index (χ4n) is 1.08. The molecule has 0 aliphatic carbocycles. The minimum absolute atomic E-state index is 0.148. The maximum atomic E-state index is 11.3. The van der Waals surface area contributed by atoms with E-state index in [-0.39, 0.29) is 12.1 Å². The topological polar surface area (TPSA) is 75.6 Å². The van der Waals surface area contributed by atoms with Crippen LogP contribution in [0.2, 0.25) is 0 Å². The summed E-state index contributed by atoms with van der Waals surface area (Å²) in [6.07, 6.45) is -0.529. The number of nitrogens with one attached hydrogen (secondary N) is 1. The Morgan fingerprint density at radius 2 is 2.16 bits per heavy atom. The van der Waals surface area contributed by atoms with E-state index in [0.29, 0.717) is 4.88 Å². The Morgan fingerprint density at radius 1 is 1.47 bits per heavy atom. The molecule has 0 atom stereocenters. The molecule has 6 heteroatoms. The fraction of sp³-hybridized carbons (Fsp3) is 0.385. The van der Waals surface area contributed by atoms with E-state index in [9.17, 15) is 9.59 Å². The monoisotopic (exact) mass is 281 g/mol. The van der Waals surface area contributed by atoms with E-state index in [1.807, 2.05) is 0 Å². The quantitative estimate of drug-likeness (QED) is 0.816. The molecular formula is C13H15NO4S. The lowest BCUT2D eigenvalue weighted by Crippen LogP contribution is -2.32. The summed E-state index contributed by atoms with van der Waals surface area (Å²) < 4.78 is 5.03. The van der Waals surface area contributed by atoms with Gasteiger partial charge in [0.05, 0.1) is 17.0 Å². The molecule has 0 spiro atoms. The summed E-state index contributed by atoms with van der Waals surface area (Å²) in [4.78, 5) is 22.6. The minimum atomic E-state index is -0.976. The summed E-state index contributed by atoms with van der Waals surface area (Å²) in [7, 11) is 0. The van der Waals surface area contributed by atoms with Crippen LogP contribution in [0.1, 0.15) is 36.0 Å². The Balaban J connectivity index is 2.43. The Labute approximate surface area is 115 Å². The number of carbonyl (C=O) groups excluding carboxylic acids is 1. The third kappa shape index (κ3) is 5.93. The van der Waals surface area contributed by atoms with Crippen molar-refractivity contribution in [3.05, 3.63) is 21.9 Å². The lowest BCUT2D eigenvalue weighted by molar-refractivity contribution is 0.0534. The third-order valence-corrected chi connectivity index (χ3v) is 2.62. The normalized spacial score (nSPS) is 10.3. The Hall–Kier alpha value is -2.00. The van der Waals surface area contributed by atoms with E-state index in [1.54, 1.807) is 20.8 Å². The van der Waals surface area contributed by atoms with Crippen LogP contribution in [0.5, 0.6) is 0 Å². The highest BCUT2D eigenvalue weighted by molar-refractivity contribution is 7.10. The van der Waals surface area contributed by atoms with Gasteiger partial charge in [-0.15, -0.1) is 11.3 Å². The molecule has 0 saturated carbocycles. The summed E-state index contributed by atoms with van der Waals surface area (Å²) in [5.74, 6) is 4.52. The molecule has 1 heterocycles. The number of hydrogen-bond donors (Lipinski definition) is 2. The second-order valence-corrected chi connectivity index (χ2v) is 5.57. The van der Waals surface area contributed by atoms with Crippen LogP contribution in [0.3, 0.4) is 0 Å². The van der Waals surface area contributed by atoms with Crippen LogP contribution in [-0.2, 0) is 4.74 Å². The van der Waals surface area contributed by atoms with Crippen molar-refractivity contribution in [2.24, 2.45) is 0 Å². The second-order valence-electron chi connectivity index (χ2n) is 4.66. The van der Waals surface area contributed by atoms with E-state index >= 15 is 0 Å². The summed E-state index contributed by atoms with van der Waals surface area (Å²) in [6, 6.07) is 1.49. The van der Waals surface area contributed by atoms with Crippen molar-refractivity contribution >= 4 is 23.4 Å². The highest BCUT2D eigenvalue weighted by Gasteiger charge is 2.15. The highest BCUT2D eigenvalue weighted by Crippen LogP contribution is 2.13. The first-order valence-corrected chi connectivity index (χ1v) is 6.43. The van der Waals surface area contributed by atoms with Gasteiger partial charge in [-0.1, -0.05) is 11.8 Å². The Morgan fingerprint density at radius 3 is 2.68 bits per heavy atom. The average Bonchev–Trinajstić information content (AvgIpc) is 2.70. The largest absolute Gasteiger partial charge is 0.478 e. The van der Waals surface area contributed by atoms with E-state index in [4.69, 9.17) is 9.84 Å². The zero-order valence-corrected chi connectivity index (χ0v) is 11.8. The molecule has 1 amide bonds. The summed E-state index contributed by atoms with van der Waals surface area (Å²) >= 11 is 1.25. The number of amides is 1. The van der Waals surface area contributed by atoms with Gasteiger partial charge in [-0.2, -0.15) is 0 Å². The molecule has 1 aromatic rings. The molecule has 0 aliphatic rings. The number of carboxylic acid groups (broad SMARTS) is 1. The van der Waals surface area contributed by atoms with Crippen LogP contribution < -0.4 is 5.32 Å². The molecule has 0 radical (unpaired) electrons. The second kappa shape index (κ2) is 6.25. The van der Waals surface area contributed by atoms with Crippen LogP contribution in [0, 0.1) is 11.8 Å². The predicted octanol–water partition coefficient (Wildman–Crippen LogP) is 2.32. The number of carbonyl (C=O) groups is 2. The molecule has 102 valence electrons. The highest BCUT2D eigenvalue weighted by atomic mass is 32.1. The molecule has 19 heavy (non-hydrogen) atoms. The van der Waals surface area contributed by atoms with Crippen LogP contribution in [0.25, 0.3) is 0 Å².